The van der Waals surface area contributed by atoms with Crippen molar-refractivity contribution in [3.05, 3.63) is 28.7 Å². The third kappa shape index (κ3) is 5.60. The van der Waals surface area contributed by atoms with E-state index in [1.807, 2.05) is 13.1 Å². The van der Waals surface area contributed by atoms with Gasteiger partial charge in [-0.2, -0.15) is 0 Å². The molecule has 0 atom stereocenters. The minimum Gasteiger partial charge on any atom is -0.354 e. The van der Waals surface area contributed by atoms with Gasteiger partial charge in [0.2, 0.25) is 0 Å². The lowest BCUT2D eigenvalue weighted by atomic mass is 9.93. The SMILES string of the molecule is C=CCN1CCC(NC(=NC)NCc2nc(C(C)(C)C)cs2)CC1. The zero-order chi connectivity index (χ0) is 17.6. The van der Waals surface area contributed by atoms with Gasteiger partial charge >= 0.3 is 0 Å². The standard InChI is InChI=1S/C18H31N5S/c1-6-9-23-10-7-14(8-11-23)21-17(19-5)20-12-16-22-15(13-24-16)18(2,3)4/h6,13-14H,1,7-12H2,2-5H3,(H2,19,20,21). The molecule has 1 fully saturated rings. The van der Waals surface area contributed by atoms with E-state index in [1.165, 1.54) is 0 Å². The lowest BCUT2D eigenvalue weighted by molar-refractivity contribution is 0.225. The second-order valence-corrected chi connectivity index (χ2v) is 8.25. The monoisotopic (exact) mass is 349 g/mol. The molecule has 24 heavy (non-hydrogen) atoms. The van der Waals surface area contributed by atoms with Crippen molar-refractivity contribution in [1.29, 1.82) is 0 Å². The van der Waals surface area contributed by atoms with Gasteiger partial charge in [-0.05, 0) is 12.8 Å². The van der Waals surface area contributed by atoms with Crippen LogP contribution in [-0.4, -0.2) is 48.6 Å². The number of guanidine groups is 1. The smallest absolute Gasteiger partial charge is 0.191 e. The fraction of sp³-hybridized carbons (Fsp3) is 0.667. The molecule has 0 unspecified atom stereocenters. The summed E-state index contributed by atoms with van der Waals surface area (Å²) in [5.41, 5.74) is 1.26. The van der Waals surface area contributed by atoms with Gasteiger partial charge in [-0.3, -0.25) is 9.89 Å². The van der Waals surface area contributed by atoms with Crippen LogP contribution in [0, 0.1) is 0 Å². The highest BCUT2D eigenvalue weighted by molar-refractivity contribution is 7.09. The summed E-state index contributed by atoms with van der Waals surface area (Å²) in [6.45, 7) is 14.3. The minimum absolute atomic E-state index is 0.105. The lowest BCUT2D eigenvalue weighted by Crippen LogP contribution is -2.48. The average Bonchev–Trinajstić information content (AvgIpc) is 3.02. The third-order valence-corrected chi connectivity index (χ3v) is 5.12. The maximum absolute atomic E-state index is 4.72. The molecule has 2 heterocycles. The molecule has 1 saturated heterocycles. The topological polar surface area (TPSA) is 52.5 Å². The summed E-state index contributed by atoms with van der Waals surface area (Å²) in [6.07, 6.45) is 4.26. The Morgan fingerprint density at radius 2 is 2.17 bits per heavy atom. The predicted molar refractivity (Wildman–Crippen MR) is 104 cm³/mol. The molecule has 0 amide bonds. The molecule has 0 aliphatic carbocycles. The summed E-state index contributed by atoms with van der Waals surface area (Å²) in [4.78, 5) is 11.5. The van der Waals surface area contributed by atoms with Crippen LogP contribution in [0.3, 0.4) is 0 Å². The molecule has 6 heteroatoms. The normalized spacial score (nSPS) is 17.8. The highest BCUT2D eigenvalue weighted by Gasteiger charge is 2.20. The van der Waals surface area contributed by atoms with Crippen molar-refractivity contribution in [2.75, 3.05) is 26.7 Å². The number of nitrogens with one attached hydrogen (secondary N) is 2. The van der Waals surface area contributed by atoms with E-state index in [0.717, 1.165) is 55.7 Å². The van der Waals surface area contributed by atoms with E-state index in [4.69, 9.17) is 4.98 Å². The second-order valence-electron chi connectivity index (χ2n) is 7.31. The molecule has 1 aliphatic heterocycles. The lowest BCUT2D eigenvalue weighted by Gasteiger charge is -2.32. The van der Waals surface area contributed by atoms with Crippen LogP contribution in [0.1, 0.15) is 44.3 Å². The van der Waals surface area contributed by atoms with Crippen LogP contribution in [0.4, 0.5) is 0 Å². The molecule has 0 saturated carbocycles. The molecule has 0 bridgehead atoms. The largest absolute Gasteiger partial charge is 0.354 e. The van der Waals surface area contributed by atoms with E-state index in [9.17, 15) is 0 Å². The van der Waals surface area contributed by atoms with Crippen LogP contribution < -0.4 is 10.6 Å². The molecule has 2 rings (SSSR count). The number of nitrogens with zero attached hydrogens (tertiary/aromatic N) is 3. The fourth-order valence-electron chi connectivity index (χ4n) is 2.73. The van der Waals surface area contributed by atoms with Gasteiger partial charge in [0.15, 0.2) is 5.96 Å². The molecule has 1 aliphatic rings. The third-order valence-electron chi connectivity index (χ3n) is 4.27. The van der Waals surface area contributed by atoms with E-state index in [2.05, 4.69) is 53.3 Å². The van der Waals surface area contributed by atoms with Crippen molar-refractivity contribution in [2.24, 2.45) is 4.99 Å². The molecular formula is C18H31N5S. The van der Waals surface area contributed by atoms with E-state index >= 15 is 0 Å². The Hall–Kier alpha value is -1.40. The summed E-state index contributed by atoms with van der Waals surface area (Å²) in [5, 5.41) is 10.2. The Morgan fingerprint density at radius 3 is 2.71 bits per heavy atom. The maximum atomic E-state index is 4.72. The summed E-state index contributed by atoms with van der Waals surface area (Å²) in [5.74, 6) is 0.865. The Morgan fingerprint density at radius 1 is 1.46 bits per heavy atom. The molecule has 5 nitrogen and oxygen atoms in total. The summed E-state index contributed by atoms with van der Waals surface area (Å²) < 4.78 is 0. The van der Waals surface area contributed by atoms with E-state index < -0.39 is 0 Å². The minimum atomic E-state index is 0.105. The zero-order valence-corrected chi connectivity index (χ0v) is 16.2. The van der Waals surface area contributed by atoms with Crippen LogP contribution in [0.25, 0.3) is 0 Å². The Bertz CT molecular complexity index is 550. The number of likely N-dealkylation sites (tertiary alicyclic amines) is 1. The molecule has 0 spiro atoms. The first-order valence-corrected chi connectivity index (χ1v) is 9.55. The van der Waals surface area contributed by atoms with E-state index in [-0.39, 0.29) is 5.41 Å². The highest BCUT2D eigenvalue weighted by atomic mass is 32.1. The van der Waals surface area contributed by atoms with E-state index in [1.54, 1.807) is 11.3 Å². The fourth-order valence-corrected chi connectivity index (χ4v) is 3.69. The first kappa shape index (κ1) is 18.9. The summed E-state index contributed by atoms with van der Waals surface area (Å²) >= 11 is 1.71. The van der Waals surface area contributed by atoms with Crippen molar-refractivity contribution in [3.63, 3.8) is 0 Å². The first-order chi connectivity index (χ1) is 11.4. The van der Waals surface area contributed by atoms with E-state index in [0.29, 0.717) is 6.04 Å². The number of aliphatic imine (C=N–C) groups is 1. The number of hydrogen-bond acceptors (Lipinski definition) is 4. The van der Waals surface area contributed by atoms with Gasteiger partial charge in [-0.1, -0.05) is 26.8 Å². The summed E-state index contributed by atoms with van der Waals surface area (Å²) in [7, 11) is 1.82. The number of aromatic nitrogens is 1. The second kappa shape index (κ2) is 8.62. The molecule has 0 radical (unpaired) electrons. The van der Waals surface area contributed by atoms with Gasteiger partial charge in [0.25, 0.3) is 0 Å². The van der Waals surface area contributed by atoms with Crippen LogP contribution in [0.15, 0.2) is 23.0 Å². The van der Waals surface area contributed by atoms with Crippen LogP contribution in [0.5, 0.6) is 0 Å². The predicted octanol–water partition coefficient (Wildman–Crippen LogP) is 2.76. The molecule has 2 N–H and O–H groups in total. The van der Waals surface area contributed by atoms with Gasteiger partial charge in [0.1, 0.15) is 5.01 Å². The van der Waals surface area contributed by atoms with Gasteiger partial charge < -0.3 is 10.6 Å². The zero-order valence-electron chi connectivity index (χ0n) is 15.4. The van der Waals surface area contributed by atoms with Crippen molar-refractivity contribution >= 4 is 17.3 Å². The molecular weight excluding hydrogens is 318 g/mol. The Kier molecular flexibility index (Phi) is 6.80. The van der Waals surface area contributed by atoms with Gasteiger partial charge in [0.05, 0.1) is 12.2 Å². The van der Waals surface area contributed by atoms with Crippen LogP contribution >= 0.6 is 11.3 Å². The van der Waals surface area contributed by atoms with Gasteiger partial charge in [0, 0.05) is 43.5 Å². The molecule has 0 aromatic carbocycles. The average molecular weight is 350 g/mol. The van der Waals surface area contributed by atoms with Crippen molar-refractivity contribution < 1.29 is 0 Å². The van der Waals surface area contributed by atoms with Crippen LogP contribution in [-0.2, 0) is 12.0 Å². The number of thiazole rings is 1. The van der Waals surface area contributed by atoms with Crippen molar-refractivity contribution in [1.82, 2.24) is 20.5 Å². The van der Waals surface area contributed by atoms with Crippen LogP contribution in [0.2, 0.25) is 0 Å². The first-order valence-electron chi connectivity index (χ1n) is 8.67. The molecule has 1 aromatic rings. The molecule has 1 aromatic heterocycles. The Balaban J connectivity index is 1.79. The number of rotatable bonds is 5. The number of piperidine rings is 1. The van der Waals surface area contributed by atoms with Crippen molar-refractivity contribution in [3.8, 4) is 0 Å². The van der Waals surface area contributed by atoms with Gasteiger partial charge in [-0.25, -0.2) is 4.98 Å². The van der Waals surface area contributed by atoms with Gasteiger partial charge in [-0.15, -0.1) is 17.9 Å². The summed E-state index contributed by atoms with van der Waals surface area (Å²) in [6, 6.07) is 0.485. The molecule has 134 valence electrons. The highest BCUT2D eigenvalue weighted by Crippen LogP contribution is 2.23. The Labute approximate surface area is 150 Å². The maximum Gasteiger partial charge on any atom is 0.191 e. The quantitative estimate of drug-likeness (QED) is 0.488. The van der Waals surface area contributed by atoms with Crippen molar-refractivity contribution in [2.45, 2.75) is 51.6 Å². The number of hydrogen-bond donors (Lipinski definition) is 2.